The molecule has 7 heteroatoms. The van der Waals surface area contributed by atoms with Crippen LogP contribution in [0.1, 0.15) is 26.7 Å². The van der Waals surface area contributed by atoms with E-state index >= 15 is 0 Å². The van der Waals surface area contributed by atoms with Crippen molar-refractivity contribution in [3.8, 4) is 11.8 Å². The van der Waals surface area contributed by atoms with Crippen LogP contribution < -0.4 is 0 Å². The van der Waals surface area contributed by atoms with Crippen LogP contribution in [0.25, 0.3) is 0 Å². The Balaban J connectivity index is 2.45. The molecule has 0 N–H and O–H groups in total. The first-order valence-electron chi connectivity index (χ1n) is 6.73. The van der Waals surface area contributed by atoms with E-state index in [2.05, 4.69) is 11.8 Å². The topological polar surface area (TPSA) is 18.5 Å². The molecule has 0 unspecified atom stereocenters. The molecule has 0 aliphatic heterocycles. The minimum atomic E-state index is -1.33. The normalized spacial score (nSPS) is 36.5. The zero-order valence-corrected chi connectivity index (χ0v) is 16.5. The zero-order chi connectivity index (χ0) is 17.0. The number of alkyl halides is 3. The minimum Gasteiger partial charge on any atom is -0.350 e. The molecule has 0 amide bonds. The smallest absolute Gasteiger partial charge is 0.217 e. The first kappa shape index (κ1) is 19.0. The molecule has 2 aliphatic rings. The maximum atomic E-state index is 6.86. The van der Waals surface area contributed by atoms with Crippen molar-refractivity contribution >= 4 is 58.0 Å². The van der Waals surface area contributed by atoms with Gasteiger partial charge in [-0.25, -0.2) is 0 Å². The van der Waals surface area contributed by atoms with Gasteiger partial charge in [0.15, 0.2) is 0 Å². The second-order valence-electron chi connectivity index (χ2n) is 6.05. The number of fused-ring (bicyclic) bond motifs is 2. The second-order valence-corrected chi connectivity index (χ2v) is 8.99. The zero-order valence-electron chi connectivity index (χ0n) is 12.7. The number of rotatable bonds is 3. The molecule has 3 atom stereocenters. The van der Waals surface area contributed by atoms with Crippen LogP contribution in [0.4, 0.5) is 0 Å². The summed E-state index contributed by atoms with van der Waals surface area (Å²) < 4.78 is 11.2. The summed E-state index contributed by atoms with van der Waals surface area (Å²) >= 11 is 32.4. The third kappa shape index (κ3) is 2.32. The van der Waals surface area contributed by atoms with Crippen molar-refractivity contribution < 1.29 is 9.47 Å². The Morgan fingerprint density at radius 1 is 1.18 bits per heavy atom. The summed E-state index contributed by atoms with van der Waals surface area (Å²) in [4.78, 5) is -2.91. The number of hydrogen-bond donors (Lipinski definition) is 0. The molecule has 0 aromatic heterocycles. The summed E-state index contributed by atoms with van der Waals surface area (Å²) in [5.74, 6) is 4.52. The van der Waals surface area contributed by atoms with Crippen LogP contribution in [0.15, 0.2) is 10.1 Å². The van der Waals surface area contributed by atoms with Gasteiger partial charge >= 0.3 is 0 Å². The largest absolute Gasteiger partial charge is 0.350 e. The lowest BCUT2D eigenvalue weighted by molar-refractivity contribution is -0.218. The second kappa shape index (κ2) is 5.88. The summed E-state index contributed by atoms with van der Waals surface area (Å²) in [5, 5.41) is 0.536. The molecule has 1 saturated carbocycles. The van der Waals surface area contributed by atoms with Gasteiger partial charge < -0.3 is 9.47 Å². The van der Waals surface area contributed by atoms with E-state index in [-0.39, 0.29) is 16.0 Å². The van der Waals surface area contributed by atoms with Gasteiger partial charge in [-0.05, 0) is 20.3 Å². The average molecular weight is 407 g/mol. The molecule has 22 heavy (non-hydrogen) atoms. The van der Waals surface area contributed by atoms with Gasteiger partial charge in [-0.2, -0.15) is 0 Å². The van der Waals surface area contributed by atoms with E-state index < -0.39 is 20.4 Å². The lowest BCUT2D eigenvalue weighted by Gasteiger charge is -2.41. The monoisotopic (exact) mass is 404 g/mol. The van der Waals surface area contributed by atoms with Crippen molar-refractivity contribution in [1.29, 1.82) is 0 Å². The van der Waals surface area contributed by atoms with Crippen LogP contribution in [0.5, 0.6) is 0 Å². The predicted octanol–water partition coefficient (Wildman–Crippen LogP) is 5.06. The van der Waals surface area contributed by atoms with Gasteiger partial charge in [0, 0.05) is 26.6 Å². The van der Waals surface area contributed by atoms with E-state index in [4.69, 9.17) is 67.5 Å². The van der Waals surface area contributed by atoms with E-state index in [1.54, 1.807) is 0 Å². The first-order chi connectivity index (χ1) is 10.00. The lowest BCUT2D eigenvalue weighted by Crippen LogP contribution is -2.56. The third-order valence-electron chi connectivity index (χ3n) is 4.26. The number of halogens is 5. The fraction of sp³-hybridized carbons (Fsp3) is 0.733. The Labute approximate surface area is 156 Å². The molecule has 2 nitrogen and oxygen atoms in total. The third-order valence-corrected chi connectivity index (χ3v) is 6.98. The first-order valence-corrected chi connectivity index (χ1v) is 8.62. The van der Waals surface area contributed by atoms with Gasteiger partial charge in [-0.1, -0.05) is 29.1 Å². The summed E-state index contributed by atoms with van der Waals surface area (Å²) in [6, 6.07) is 0. The van der Waals surface area contributed by atoms with E-state index in [0.717, 1.165) is 0 Å². The molecule has 0 saturated heterocycles. The lowest BCUT2D eigenvalue weighted by atomic mass is 9.88. The van der Waals surface area contributed by atoms with Crippen molar-refractivity contribution in [2.45, 2.75) is 47.1 Å². The quantitative estimate of drug-likeness (QED) is 0.370. The summed E-state index contributed by atoms with van der Waals surface area (Å²) in [7, 11) is 2.96. The Kier molecular flexibility index (Phi) is 5.08. The van der Waals surface area contributed by atoms with Crippen molar-refractivity contribution in [1.82, 2.24) is 0 Å². The van der Waals surface area contributed by atoms with Crippen LogP contribution >= 0.6 is 58.0 Å². The van der Waals surface area contributed by atoms with Crippen molar-refractivity contribution in [2.75, 3.05) is 14.2 Å². The number of hydrogen-bond acceptors (Lipinski definition) is 2. The highest BCUT2D eigenvalue weighted by Gasteiger charge is 2.80. The van der Waals surface area contributed by atoms with E-state index in [1.165, 1.54) is 14.2 Å². The summed E-state index contributed by atoms with van der Waals surface area (Å²) in [6.07, 6.45) is 0.912. The molecule has 0 aromatic rings. The highest BCUT2D eigenvalue weighted by Crippen LogP contribution is 2.72. The van der Waals surface area contributed by atoms with Gasteiger partial charge in [-0.3, -0.25) is 0 Å². The Hall–Kier alpha value is 0.670. The van der Waals surface area contributed by atoms with Crippen molar-refractivity contribution in [2.24, 2.45) is 5.92 Å². The Bertz CT molecular complexity index is 567. The van der Waals surface area contributed by atoms with Gasteiger partial charge in [0.05, 0.1) is 14.9 Å². The standard InChI is InChI=1S/C15H17Cl5O2/c1-12(2,18)7-5-6-9-8-13(19)10(16)11(17)14(9,20)15(13,21-3)22-4/h9H,6,8H2,1-4H3/t9-,13+,14-/m1/s1. The van der Waals surface area contributed by atoms with Gasteiger partial charge in [-0.15, -0.1) is 40.7 Å². The van der Waals surface area contributed by atoms with Crippen molar-refractivity contribution in [3.63, 3.8) is 0 Å². The Morgan fingerprint density at radius 2 is 1.73 bits per heavy atom. The molecule has 0 aromatic carbocycles. The van der Waals surface area contributed by atoms with E-state index in [0.29, 0.717) is 12.8 Å². The fourth-order valence-electron chi connectivity index (χ4n) is 3.36. The average Bonchev–Trinajstić information content (AvgIpc) is 2.69. The summed E-state index contributed by atoms with van der Waals surface area (Å²) in [5.41, 5.74) is 0. The van der Waals surface area contributed by atoms with Crippen LogP contribution in [0, 0.1) is 17.8 Å². The van der Waals surface area contributed by atoms with Crippen LogP contribution in [0.2, 0.25) is 0 Å². The molecular weight excluding hydrogens is 389 g/mol. The minimum absolute atomic E-state index is 0.173. The molecule has 0 heterocycles. The highest BCUT2D eigenvalue weighted by atomic mass is 35.5. The Morgan fingerprint density at radius 3 is 2.14 bits per heavy atom. The predicted molar refractivity (Wildman–Crippen MR) is 93.1 cm³/mol. The number of ether oxygens (including phenoxy) is 2. The molecule has 2 aliphatic carbocycles. The van der Waals surface area contributed by atoms with Crippen LogP contribution in [0.3, 0.4) is 0 Å². The maximum absolute atomic E-state index is 6.86. The molecule has 0 spiro atoms. The molecule has 124 valence electrons. The molecular formula is C15H17Cl5O2. The maximum Gasteiger partial charge on any atom is 0.217 e. The van der Waals surface area contributed by atoms with Crippen molar-refractivity contribution in [3.05, 3.63) is 10.1 Å². The molecule has 1 fully saturated rings. The molecule has 2 bridgehead atoms. The van der Waals surface area contributed by atoms with Crippen LogP contribution in [-0.4, -0.2) is 34.6 Å². The van der Waals surface area contributed by atoms with Gasteiger partial charge in [0.25, 0.3) is 0 Å². The van der Waals surface area contributed by atoms with Gasteiger partial charge in [0.1, 0.15) is 9.75 Å². The molecule has 2 rings (SSSR count). The summed E-state index contributed by atoms with van der Waals surface area (Å²) in [6.45, 7) is 3.64. The highest BCUT2D eigenvalue weighted by molar-refractivity contribution is 6.52. The van der Waals surface area contributed by atoms with E-state index in [1.807, 2.05) is 13.8 Å². The van der Waals surface area contributed by atoms with Crippen LogP contribution in [-0.2, 0) is 9.47 Å². The number of methoxy groups -OCH3 is 2. The van der Waals surface area contributed by atoms with Gasteiger partial charge in [0.2, 0.25) is 5.79 Å². The van der Waals surface area contributed by atoms with E-state index in [9.17, 15) is 0 Å². The molecule has 0 radical (unpaired) electrons. The fourth-order valence-corrected chi connectivity index (χ4v) is 5.52. The SMILES string of the molecule is COC1(OC)[C@]2(Cl)C[C@@H](CC#CC(C)(C)Cl)[C@@]1(Cl)C(Cl)=C2Cl.